The zero-order chi connectivity index (χ0) is 11.9. The molecule has 3 N–H and O–H groups in total. The van der Waals surface area contributed by atoms with Gasteiger partial charge in [-0.3, -0.25) is 4.55 Å². The molecular weight excluding hydrogens is 214 g/mol. The van der Waals surface area contributed by atoms with Crippen molar-refractivity contribution >= 4 is 10.1 Å². The lowest BCUT2D eigenvalue weighted by atomic mass is 10.2. The summed E-state index contributed by atoms with van der Waals surface area (Å²) in [5.74, 6) is 0. The maximum Gasteiger partial charge on any atom is 0.294 e. The molecular formula is C10H15NO3S. The van der Waals surface area contributed by atoms with Crippen LogP contribution in [-0.2, 0) is 10.1 Å². The van der Waals surface area contributed by atoms with Gasteiger partial charge in [0.05, 0.1) is 4.90 Å². The molecule has 1 rings (SSSR count). The molecule has 1 aromatic rings. The lowest BCUT2D eigenvalue weighted by molar-refractivity contribution is 0.483. The lowest BCUT2D eigenvalue weighted by Gasteiger charge is -1.95. The second-order valence-electron chi connectivity index (χ2n) is 2.81. The van der Waals surface area contributed by atoms with Crippen molar-refractivity contribution in [2.45, 2.75) is 11.8 Å². The third kappa shape index (κ3) is 6.01. The van der Waals surface area contributed by atoms with Crippen molar-refractivity contribution in [3.8, 4) is 0 Å². The maximum absolute atomic E-state index is 10.5. The summed E-state index contributed by atoms with van der Waals surface area (Å²) in [6.07, 6.45) is 1.65. The van der Waals surface area contributed by atoms with Crippen molar-refractivity contribution in [3.63, 3.8) is 0 Å². The van der Waals surface area contributed by atoms with E-state index in [1.807, 2.05) is 6.92 Å². The summed E-state index contributed by atoms with van der Waals surface area (Å²) >= 11 is 0. The van der Waals surface area contributed by atoms with Crippen LogP contribution < -0.4 is 5.73 Å². The van der Waals surface area contributed by atoms with Crippen LogP contribution in [0.5, 0.6) is 0 Å². The van der Waals surface area contributed by atoms with Crippen molar-refractivity contribution in [3.05, 3.63) is 42.5 Å². The van der Waals surface area contributed by atoms with Crippen molar-refractivity contribution in [1.82, 2.24) is 0 Å². The van der Waals surface area contributed by atoms with Gasteiger partial charge < -0.3 is 5.73 Å². The second kappa shape index (κ2) is 6.34. The van der Waals surface area contributed by atoms with Gasteiger partial charge in [-0.2, -0.15) is 8.42 Å². The fourth-order valence-corrected chi connectivity index (χ4v) is 1.19. The number of benzene rings is 1. The highest BCUT2D eigenvalue weighted by Crippen LogP contribution is 2.08. The van der Waals surface area contributed by atoms with Gasteiger partial charge in [0, 0.05) is 6.54 Å². The minimum Gasteiger partial charge on any atom is -0.327 e. The Kier molecular flexibility index (Phi) is 5.84. The van der Waals surface area contributed by atoms with Gasteiger partial charge >= 0.3 is 0 Å². The molecule has 0 atom stereocenters. The third-order valence-electron chi connectivity index (χ3n) is 1.49. The smallest absolute Gasteiger partial charge is 0.294 e. The maximum atomic E-state index is 10.5. The summed E-state index contributed by atoms with van der Waals surface area (Å²) in [7, 11) is -4.02. The molecule has 0 fully saturated rings. The topological polar surface area (TPSA) is 80.4 Å². The number of aryl methyl sites for hydroxylation is 1. The minimum atomic E-state index is -4.02. The molecule has 0 radical (unpaired) electrons. The molecule has 0 heterocycles. The van der Waals surface area contributed by atoms with E-state index in [1.165, 1.54) is 12.1 Å². The molecule has 0 aromatic heterocycles. The first kappa shape index (κ1) is 13.8. The zero-order valence-corrected chi connectivity index (χ0v) is 9.37. The molecule has 0 bridgehead atoms. The summed E-state index contributed by atoms with van der Waals surface area (Å²) in [5.41, 5.74) is 5.87. The molecule has 84 valence electrons. The van der Waals surface area contributed by atoms with Gasteiger partial charge in [0.2, 0.25) is 0 Å². The number of hydrogen-bond donors (Lipinski definition) is 2. The average Bonchev–Trinajstić information content (AvgIpc) is 2.17. The van der Waals surface area contributed by atoms with Crippen LogP contribution in [0.1, 0.15) is 5.56 Å². The van der Waals surface area contributed by atoms with Gasteiger partial charge in [-0.25, -0.2) is 0 Å². The first-order valence-electron chi connectivity index (χ1n) is 4.27. The fraction of sp³-hybridized carbons (Fsp3) is 0.200. The van der Waals surface area contributed by atoms with Gasteiger partial charge in [-0.05, 0) is 19.1 Å². The Morgan fingerprint density at radius 2 is 1.80 bits per heavy atom. The van der Waals surface area contributed by atoms with E-state index in [-0.39, 0.29) is 4.90 Å². The summed E-state index contributed by atoms with van der Waals surface area (Å²) in [6, 6.07) is 5.99. The standard InChI is InChI=1S/C7H8O3S.C3H7N/c1-6-2-4-7(5-3-6)11(8,9)10;1-2-3-4/h2-5H,1H3,(H,8,9,10);2H,1,3-4H2. The predicted octanol–water partition coefficient (Wildman–Crippen LogP) is 1.37. The Morgan fingerprint density at radius 1 is 1.40 bits per heavy atom. The van der Waals surface area contributed by atoms with Gasteiger partial charge in [0.25, 0.3) is 10.1 Å². The van der Waals surface area contributed by atoms with E-state index in [9.17, 15) is 8.42 Å². The number of nitrogens with two attached hydrogens (primary N) is 1. The number of rotatable bonds is 2. The molecule has 0 aliphatic heterocycles. The van der Waals surface area contributed by atoms with Gasteiger partial charge in [-0.1, -0.05) is 23.8 Å². The molecule has 0 unspecified atom stereocenters. The average molecular weight is 229 g/mol. The molecule has 0 spiro atoms. The first-order chi connectivity index (χ1) is 6.91. The van der Waals surface area contributed by atoms with E-state index in [1.54, 1.807) is 18.2 Å². The summed E-state index contributed by atoms with van der Waals surface area (Å²) in [4.78, 5) is -0.0666. The van der Waals surface area contributed by atoms with Gasteiger partial charge in [-0.15, -0.1) is 6.58 Å². The highest BCUT2D eigenvalue weighted by Gasteiger charge is 2.06. The Balaban J connectivity index is 0.000000423. The molecule has 4 nitrogen and oxygen atoms in total. The molecule has 0 aliphatic rings. The molecule has 0 amide bonds. The normalized spacial score (nSPS) is 10.1. The van der Waals surface area contributed by atoms with Crippen LogP contribution >= 0.6 is 0 Å². The SMILES string of the molecule is C=CCN.Cc1ccc(S(=O)(=O)O)cc1. The summed E-state index contributed by atoms with van der Waals surface area (Å²) in [5, 5.41) is 0. The summed E-state index contributed by atoms with van der Waals surface area (Å²) < 4.78 is 29.6. The molecule has 0 saturated carbocycles. The van der Waals surface area contributed by atoms with Crippen LogP contribution in [-0.4, -0.2) is 19.5 Å². The summed E-state index contributed by atoms with van der Waals surface area (Å²) in [6.45, 7) is 5.78. The van der Waals surface area contributed by atoms with E-state index in [0.717, 1.165) is 5.56 Å². The highest BCUT2D eigenvalue weighted by atomic mass is 32.2. The highest BCUT2D eigenvalue weighted by molar-refractivity contribution is 7.85. The molecule has 1 aromatic carbocycles. The van der Waals surface area contributed by atoms with Crippen LogP contribution in [0, 0.1) is 6.92 Å². The Bertz CT molecular complexity index is 395. The molecule has 5 heteroatoms. The monoisotopic (exact) mass is 229 g/mol. The fourth-order valence-electron chi connectivity index (χ4n) is 0.710. The van der Waals surface area contributed by atoms with Crippen LogP contribution in [0.4, 0.5) is 0 Å². The first-order valence-corrected chi connectivity index (χ1v) is 5.71. The Morgan fingerprint density at radius 3 is 2.07 bits per heavy atom. The van der Waals surface area contributed by atoms with Crippen LogP contribution in [0.15, 0.2) is 41.8 Å². The minimum absolute atomic E-state index is 0.0666. The largest absolute Gasteiger partial charge is 0.327 e. The predicted molar refractivity (Wildman–Crippen MR) is 60.2 cm³/mol. The quantitative estimate of drug-likeness (QED) is 0.593. The second-order valence-corrected chi connectivity index (χ2v) is 4.23. The van der Waals surface area contributed by atoms with Crippen LogP contribution in [0.2, 0.25) is 0 Å². The molecule has 15 heavy (non-hydrogen) atoms. The van der Waals surface area contributed by atoms with E-state index in [0.29, 0.717) is 6.54 Å². The Labute approximate surface area is 90.2 Å². The van der Waals surface area contributed by atoms with Crippen molar-refractivity contribution in [2.24, 2.45) is 5.73 Å². The van der Waals surface area contributed by atoms with Crippen LogP contribution in [0.3, 0.4) is 0 Å². The third-order valence-corrected chi connectivity index (χ3v) is 2.35. The van der Waals surface area contributed by atoms with Crippen molar-refractivity contribution < 1.29 is 13.0 Å². The van der Waals surface area contributed by atoms with Crippen LogP contribution in [0.25, 0.3) is 0 Å². The van der Waals surface area contributed by atoms with Crippen molar-refractivity contribution in [2.75, 3.05) is 6.54 Å². The number of hydrogen-bond acceptors (Lipinski definition) is 3. The lowest BCUT2D eigenvalue weighted by Crippen LogP contribution is -1.96. The van der Waals surface area contributed by atoms with E-state index in [4.69, 9.17) is 10.3 Å². The molecule has 0 aliphatic carbocycles. The van der Waals surface area contributed by atoms with E-state index >= 15 is 0 Å². The molecule has 0 saturated heterocycles. The Hall–Kier alpha value is -1.17. The van der Waals surface area contributed by atoms with E-state index < -0.39 is 10.1 Å². The zero-order valence-electron chi connectivity index (χ0n) is 8.55. The van der Waals surface area contributed by atoms with E-state index in [2.05, 4.69) is 6.58 Å². The van der Waals surface area contributed by atoms with Gasteiger partial charge in [0.15, 0.2) is 0 Å². The van der Waals surface area contributed by atoms with Crippen molar-refractivity contribution in [1.29, 1.82) is 0 Å². The van der Waals surface area contributed by atoms with Gasteiger partial charge in [0.1, 0.15) is 0 Å².